The van der Waals surface area contributed by atoms with Crippen LogP contribution in [0, 0.1) is 34.5 Å². The first kappa shape index (κ1) is 38.2. The zero-order chi connectivity index (χ0) is 38.0. The number of allylic oxidation sites excluding steroid dienone is 1. The summed E-state index contributed by atoms with van der Waals surface area (Å²) >= 11 is 0. The first-order valence-electron chi connectivity index (χ1n) is 18.5. The van der Waals surface area contributed by atoms with Gasteiger partial charge in [0.25, 0.3) is 0 Å². The number of carbonyl (C=O) groups is 4. The van der Waals surface area contributed by atoms with Crippen molar-refractivity contribution in [2.75, 3.05) is 0 Å². The molecule has 8 heteroatoms. The summed E-state index contributed by atoms with van der Waals surface area (Å²) in [7, 11) is 0. The van der Waals surface area contributed by atoms with E-state index in [1.165, 1.54) is 6.07 Å². The summed E-state index contributed by atoms with van der Waals surface area (Å²) in [6, 6.07) is 9.62. The molecule has 8 nitrogen and oxygen atoms in total. The van der Waals surface area contributed by atoms with Crippen molar-refractivity contribution in [2.24, 2.45) is 34.5 Å². The largest absolute Gasteiger partial charge is 0.508 e. The second-order valence-corrected chi connectivity index (χ2v) is 16.5. The molecule has 1 fully saturated rings. The van der Waals surface area contributed by atoms with Gasteiger partial charge in [-0.3, -0.25) is 19.2 Å². The molecular formula is C43H54O8. The molecule has 1 saturated carbocycles. The zero-order valence-electron chi connectivity index (χ0n) is 31.6. The number of phenols is 1. The minimum absolute atomic E-state index is 0.0165. The topological polar surface area (TPSA) is 149 Å². The summed E-state index contributed by atoms with van der Waals surface area (Å²) in [6.07, 6.45) is 3.73. The first-order valence-corrected chi connectivity index (χ1v) is 18.5. The van der Waals surface area contributed by atoms with Gasteiger partial charge in [-0.1, -0.05) is 79.7 Å². The Morgan fingerprint density at radius 3 is 2.20 bits per heavy atom. The number of Topliss-reactive ketones (excluding diaryl/α,β-unsaturated/α-hetero) is 4. The molecule has 0 heterocycles. The predicted molar refractivity (Wildman–Crippen MR) is 197 cm³/mol. The fourth-order valence-corrected chi connectivity index (χ4v) is 9.92. The van der Waals surface area contributed by atoms with Gasteiger partial charge in [-0.25, -0.2) is 0 Å². The number of carbonyl (C=O) groups excluding carboxylic acids is 4. The van der Waals surface area contributed by atoms with E-state index in [0.717, 1.165) is 42.0 Å². The molecule has 0 aliphatic heterocycles. The summed E-state index contributed by atoms with van der Waals surface area (Å²) < 4.78 is 0. The van der Waals surface area contributed by atoms with Crippen LogP contribution in [0.4, 0.5) is 0 Å². The Hall–Kier alpha value is -4.04. The highest BCUT2D eigenvalue weighted by molar-refractivity contribution is 6.24. The molecule has 2 aromatic carbocycles. The molecule has 5 atom stereocenters. The molecule has 4 N–H and O–H groups in total. The second kappa shape index (κ2) is 13.5. The number of aryl methyl sites for hydroxylation is 2. The number of phenolic OH excluding ortho intramolecular Hbond substituents is 1. The van der Waals surface area contributed by atoms with Crippen molar-refractivity contribution >= 4 is 28.9 Å². The molecule has 0 spiro atoms. The van der Waals surface area contributed by atoms with Gasteiger partial charge < -0.3 is 20.4 Å². The fraction of sp³-hybridized carbons (Fsp3) is 0.535. The van der Waals surface area contributed by atoms with Crippen LogP contribution >= 0.6 is 0 Å². The number of aliphatic hydroxyl groups is 3. The molecule has 0 amide bonds. The van der Waals surface area contributed by atoms with Crippen LogP contribution in [0.25, 0.3) is 16.9 Å². The lowest BCUT2D eigenvalue weighted by atomic mass is 9.43. The van der Waals surface area contributed by atoms with Crippen molar-refractivity contribution in [1.29, 1.82) is 0 Å². The highest BCUT2D eigenvalue weighted by Gasteiger charge is 2.72. The van der Waals surface area contributed by atoms with Gasteiger partial charge in [0.05, 0.1) is 5.56 Å². The third kappa shape index (κ3) is 5.87. The van der Waals surface area contributed by atoms with Crippen LogP contribution in [0.2, 0.25) is 0 Å². The van der Waals surface area contributed by atoms with E-state index in [9.17, 15) is 39.6 Å². The number of aliphatic hydroxyl groups excluding tert-OH is 2. The van der Waals surface area contributed by atoms with Crippen molar-refractivity contribution in [1.82, 2.24) is 0 Å². The molecule has 2 unspecified atom stereocenters. The number of aromatic hydroxyl groups is 1. The van der Waals surface area contributed by atoms with Gasteiger partial charge in [0.1, 0.15) is 28.6 Å². The van der Waals surface area contributed by atoms with E-state index in [1.807, 2.05) is 19.9 Å². The van der Waals surface area contributed by atoms with E-state index >= 15 is 0 Å². The summed E-state index contributed by atoms with van der Waals surface area (Å²) in [5.74, 6) is -4.75. The molecule has 51 heavy (non-hydrogen) atoms. The standard InChI is InChI=1S/C43H54O8/c1-10-26-14-12-25(13-15-27(18-22(3)4)31(45)11-2)19-29(26)28-16-17-32(46)34-30(28)20-41(8)21-42(9)35(23(5)6)37(47)33(24(7)44)39(49)43(42,51)40(50)36(41)38(34)48/h12,14,16-17,19,22-23,27,35,46,48-49,51H,10-11,13,15,18,20-21H2,1-9H3/t27?,35?,41-,42-,43+/m1/s1. The van der Waals surface area contributed by atoms with Gasteiger partial charge in [0, 0.05) is 34.7 Å². The normalized spacial score (nSPS) is 26.7. The highest BCUT2D eigenvalue weighted by atomic mass is 16.3. The highest BCUT2D eigenvalue weighted by Crippen LogP contribution is 2.65. The molecule has 3 aliphatic carbocycles. The molecule has 0 bridgehead atoms. The number of hydrogen-bond donors (Lipinski definition) is 4. The van der Waals surface area contributed by atoms with Crippen LogP contribution in [0.1, 0.15) is 110 Å². The van der Waals surface area contributed by atoms with E-state index in [-0.39, 0.29) is 41.4 Å². The monoisotopic (exact) mass is 698 g/mol. The third-order valence-corrected chi connectivity index (χ3v) is 12.1. The Balaban J connectivity index is 1.69. The molecule has 2 aromatic rings. The lowest BCUT2D eigenvalue weighted by Crippen LogP contribution is -2.69. The van der Waals surface area contributed by atoms with Crippen molar-refractivity contribution in [3.63, 3.8) is 0 Å². The molecule has 3 aliphatic rings. The maximum atomic E-state index is 14.7. The Labute approximate surface area is 301 Å². The fourth-order valence-electron chi connectivity index (χ4n) is 9.92. The van der Waals surface area contributed by atoms with Gasteiger partial charge in [0.15, 0.2) is 17.2 Å². The molecular weight excluding hydrogens is 644 g/mol. The van der Waals surface area contributed by atoms with Crippen LogP contribution in [0.15, 0.2) is 47.2 Å². The quantitative estimate of drug-likeness (QED) is 0.173. The van der Waals surface area contributed by atoms with Crippen LogP contribution in [0.5, 0.6) is 5.75 Å². The number of ketones is 4. The summed E-state index contributed by atoms with van der Waals surface area (Å²) in [6.45, 7) is 16.4. The van der Waals surface area contributed by atoms with E-state index in [0.29, 0.717) is 30.7 Å². The van der Waals surface area contributed by atoms with Gasteiger partial charge in [-0.2, -0.15) is 0 Å². The van der Waals surface area contributed by atoms with Crippen molar-refractivity contribution in [3.8, 4) is 16.9 Å². The van der Waals surface area contributed by atoms with Crippen LogP contribution < -0.4 is 0 Å². The van der Waals surface area contributed by atoms with Gasteiger partial charge in [-0.15, -0.1) is 0 Å². The average molecular weight is 699 g/mol. The lowest BCUT2D eigenvalue weighted by Gasteiger charge is -2.59. The Morgan fingerprint density at radius 1 is 0.961 bits per heavy atom. The Morgan fingerprint density at radius 2 is 1.63 bits per heavy atom. The van der Waals surface area contributed by atoms with Gasteiger partial charge in [-0.05, 0) is 91.2 Å². The van der Waals surface area contributed by atoms with Crippen molar-refractivity contribution in [2.45, 2.75) is 113 Å². The summed E-state index contributed by atoms with van der Waals surface area (Å²) in [5.41, 5.74) is -1.46. The molecule has 5 rings (SSSR count). The van der Waals surface area contributed by atoms with E-state index in [1.54, 1.807) is 20.8 Å². The Bertz CT molecular complexity index is 1880. The minimum atomic E-state index is -2.65. The maximum Gasteiger partial charge on any atom is 0.203 e. The smallest absolute Gasteiger partial charge is 0.203 e. The maximum absolute atomic E-state index is 14.7. The first-order chi connectivity index (χ1) is 23.8. The number of hydrogen-bond acceptors (Lipinski definition) is 8. The zero-order valence-corrected chi connectivity index (χ0v) is 31.6. The van der Waals surface area contributed by atoms with E-state index in [2.05, 4.69) is 39.0 Å². The lowest BCUT2D eigenvalue weighted by molar-refractivity contribution is -0.178. The number of fused-ring (bicyclic) bond motifs is 3. The van der Waals surface area contributed by atoms with Gasteiger partial charge in [0.2, 0.25) is 5.78 Å². The van der Waals surface area contributed by atoms with E-state index < -0.39 is 62.7 Å². The van der Waals surface area contributed by atoms with Crippen molar-refractivity contribution < 1.29 is 39.6 Å². The number of benzene rings is 2. The number of rotatable bonds is 11. The molecule has 0 radical (unpaired) electrons. The van der Waals surface area contributed by atoms with Crippen LogP contribution in [0.3, 0.4) is 0 Å². The van der Waals surface area contributed by atoms with Gasteiger partial charge >= 0.3 is 0 Å². The Kier molecular flexibility index (Phi) is 10.1. The second-order valence-electron chi connectivity index (χ2n) is 16.5. The van der Waals surface area contributed by atoms with E-state index in [4.69, 9.17) is 0 Å². The minimum Gasteiger partial charge on any atom is -0.508 e. The molecule has 0 aromatic heterocycles. The SMILES string of the molecule is CCC(=O)C(CCc1ccc(CC)c(-c2ccc(O)c3c2C[C@]2(C)C[C@]4(C)C(C(C)C)C(=O)C(C(C)=O)=C(O)[C@]4(O)C(=O)C2=C3O)c1)CC(C)C. The van der Waals surface area contributed by atoms with Crippen molar-refractivity contribution in [3.05, 3.63) is 69.5 Å². The third-order valence-electron chi connectivity index (χ3n) is 12.1. The summed E-state index contributed by atoms with van der Waals surface area (Å²) in [4.78, 5) is 54.0. The average Bonchev–Trinajstić information content (AvgIpc) is 3.03. The van der Waals surface area contributed by atoms with Crippen LogP contribution in [-0.4, -0.2) is 49.2 Å². The summed E-state index contributed by atoms with van der Waals surface area (Å²) in [5, 5.41) is 47.1. The van der Waals surface area contributed by atoms with Crippen LogP contribution in [-0.2, 0) is 38.4 Å². The predicted octanol–water partition coefficient (Wildman–Crippen LogP) is 7.99. The molecule has 0 saturated heterocycles. The molecule has 274 valence electrons.